The Morgan fingerprint density at radius 2 is 1.71 bits per heavy atom. The Bertz CT molecular complexity index is 926. The first kappa shape index (κ1) is 22.5. The van der Waals surface area contributed by atoms with Crippen molar-refractivity contribution in [2.75, 3.05) is 40.0 Å². The maximum atomic E-state index is 13.3. The Hall–Kier alpha value is -3.19. The number of ether oxygens (including phenoxy) is 2. The molecule has 7 nitrogen and oxygen atoms in total. The van der Waals surface area contributed by atoms with Crippen molar-refractivity contribution in [2.24, 2.45) is 0 Å². The third kappa shape index (κ3) is 5.11. The lowest BCUT2D eigenvalue weighted by Crippen LogP contribution is -2.37. The smallest absolute Gasteiger partial charge is 0.277 e. The van der Waals surface area contributed by atoms with Crippen LogP contribution in [0.3, 0.4) is 0 Å². The van der Waals surface area contributed by atoms with Gasteiger partial charge >= 0.3 is 0 Å². The monoisotopic (exact) mass is 423 g/mol. The maximum Gasteiger partial charge on any atom is 0.277 e. The van der Waals surface area contributed by atoms with Crippen molar-refractivity contribution in [1.29, 1.82) is 0 Å². The lowest BCUT2D eigenvalue weighted by molar-refractivity contribution is -0.138. The number of hydrogen-bond acceptors (Lipinski definition) is 6. The Balaban J connectivity index is 1.95. The molecule has 1 aromatic heterocycles. The molecule has 2 aromatic rings. The molecule has 0 saturated heterocycles. The van der Waals surface area contributed by atoms with Crippen LogP contribution >= 0.6 is 0 Å². The van der Waals surface area contributed by atoms with Crippen LogP contribution in [0, 0.1) is 0 Å². The van der Waals surface area contributed by atoms with Crippen LogP contribution in [0.15, 0.2) is 54.5 Å². The number of carbonyl (C=O) groups excluding carboxylic acids is 2. The Labute approximate surface area is 183 Å². The van der Waals surface area contributed by atoms with Crippen LogP contribution in [-0.4, -0.2) is 66.6 Å². The SMILES string of the molecule is CCOc1ccc(C2=C(N(CC)CCc3ccncc3)C(=O)N(CCOC)C2=O)cc1. The standard InChI is InChI=1S/C24H29N3O4/c1-4-26(15-12-18-10-13-25-14-11-18)22-21(19-6-8-20(9-7-19)31-5-2)23(28)27(24(22)29)16-17-30-3/h6-11,13-14H,4-5,12,15-17H2,1-3H3. The average molecular weight is 424 g/mol. The summed E-state index contributed by atoms with van der Waals surface area (Å²) in [5, 5.41) is 0. The molecule has 2 heterocycles. The van der Waals surface area contributed by atoms with Crippen LogP contribution in [0.4, 0.5) is 0 Å². The van der Waals surface area contributed by atoms with E-state index in [0.717, 1.165) is 17.7 Å². The lowest BCUT2D eigenvalue weighted by Gasteiger charge is -2.24. The molecule has 1 aliphatic rings. The van der Waals surface area contributed by atoms with Crippen molar-refractivity contribution in [3.8, 4) is 5.75 Å². The molecule has 1 aliphatic heterocycles. The highest BCUT2D eigenvalue weighted by atomic mass is 16.5. The van der Waals surface area contributed by atoms with E-state index in [2.05, 4.69) is 4.98 Å². The van der Waals surface area contributed by atoms with Gasteiger partial charge in [0.05, 0.1) is 25.3 Å². The van der Waals surface area contributed by atoms with E-state index >= 15 is 0 Å². The number of likely N-dealkylation sites (N-methyl/N-ethyl adjacent to an activating group) is 1. The summed E-state index contributed by atoms with van der Waals surface area (Å²) in [7, 11) is 1.56. The summed E-state index contributed by atoms with van der Waals surface area (Å²) in [4.78, 5) is 33.9. The van der Waals surface area contributed by atoms with Crippen LogP contribution < -0.4 is 4.74 Å². The zero-order chi connectivity index (χ0) is 22.2. The molecule has 0 N–H and O–H groups in total. The first-order valence-corrected chi connectivity index (χ1v) is 10.6. The normalized spacial score (nSPS) is 13.8. The molecule has 0 atom stereocenters. The molecule has 7 heteroatoms. The minimum Gasteiger partial charge on any atom is -0.494 e. The number of rotatable bonds is 11. The van der Waals surface area contributed by atoms with Crippen LogP contribution in [0.25, 0.3) is 5.57 Å². The van der Waals surface area contributed by atoms with E-state index < -0.39 is 0 Å². The molecule has 1 aromatic carbocycles. The van der Waals surface area contributed by atoms with Gasteiger partial charge in [-0.3, -0.25) is 19.5 Å². The predicted octanol–water partition coefficient (Wildman–Crippen LogP) is 2.77. The number of benzene rings is 1. The minimum absolute atomic E-state index is 0.222. The van der Waals surface area contributed by atoms with E-state index in [1.54, 1.807) is 19.5 Å². The third-order valence-electron chi connectivity index (χ3n) is 5.23. The Morgan fingerprint density at radius 3 is 2.32 bits per heavy atom. The molecule has 164 valence electrons. The van der Waals surface area contributed by atoms with E-state index in [4.69, 9.17) is 9.47 Å². The van der Waals surface area contributed by atoms with Gasteiger partial charge in [0, 0.05) is 32.6 Å². The molecule has 31 heavy (non-hydrogen) atoms. The lowest BCUT2D eigenvalue weighted by atomic mass is 10.0. The third-order valence-corrected chi connectivity index (χ3v) is 5.23. The predicted molar refractivity (Wildman–Crippen MR) is 118 cm³/mol. The Morgan fingerprint density at radius 1 is 1.00 bits per heavy atom. The van der Waals surface area contributed by atoms with Gasteiger partial charge in [-0.2, -0.15) is 0 Å². The van der Waals surface area contributed by atoms with Gasteiger partial charge in [0.15, 0.2) is 0 Å². The molecule has 0 fully saturated rings. The van der Waals surface area contributed by atoms with Gasteiger partial charge in [-0.05, 0) is 55.7 Å². The molecular weight excluding hydrogens is 394 g/mol. The summed E-state index contributed by atoms with van der Waals surface area (Å²) in [5.41, 5.74) is 2.71. The second kappa shape index (κ2) is 10.7. The zero-order valence-electron chi connectivity index (χ0n) is 18.3. The van der Waals surface area contributed by atoms with Crippen LogP contribution in [0.5, 0.6) is 5.75 Å². The second-order valence-electron chi connectivity index (χ2n) is 7.12. The van der Waals surface area contributed by atoms with Crippen LogP contribution in [0.2, 0.25) is 0 Å². The number of amides is 2. The topological polar surface area (TPSA) is 72.0 Å². The number of methoxy groups -OCH3 is 1. The van der Waals surface area contributed by atoms with E-state index in [9.17, 15) is 9.59 Å². The van der Waals surface area contributed by atoms with E-state index in [1.807, 2.05) is 55.1 Å². The molecule has 0 unspecified atom stereocenters. The summed E-state index contributed by atoms with van der Waals surface area (Å²) in [6.45, 7) is 6.22. The van der Waals surface area contributed by atoms with Gasteiger partial charge in [0.1, 0.15) is 11.4 Å². The minimum atomic E-state index is -0.288. The second-order valence-corrected chi connectivity index (χ2v) is 7.12. The highest BCUT2D eigenvalue weighted by Gasteiger charge is 2.40. The molecule has 3 rings (SSSR count). The molecule has 2 amide bonds. The van der Waals surface area contributed by atoms with Gasteiger partial charge < -0.3 is 14.4 Å². The largest absolute Gasteiger partial charge is 0.494 e. The van der Waals surface area contributed by atoms with Gasteiger partial charge in [0.2, 0.25) is 0 Å². The summed E-state index contributed by atoms with van der Waals surface area (Å²) in [6, 6.07) is 11.2. The average Bonchev–Trinajstić information content (AvgIpc) is 3.04. The number of pyridine rings is 1. The van der Waals surface area contributed by atoms with Crippen LogP contribution in [0.1, 0.15) is 25.0 Å². The quantitative estimate of drug-likeness (QED) is 0.518. The highest BCUT2D eigenvalue weighted by molar-refractivity contribution is 6.35. The first-order valence-electron chi connectivity index (χ1n) is 10.6. The molecule has 0 aliphatic carbocycles. The van der Waals surface area contributed by atoms with Crippen LogP contribution in [-0.2, 0) is 20.7 Å². The summed E-state index contributed by atoms with van der Waals surface area (Å²) in [6.07, 6.45) is 4.26. The van der Waals surface area contributed by atoms with E-state index in [1.165, 1.54) is 4.90 Å². The van der Waals surface area contributed by atoms with Gasteiger partial charge in [-0.25, -0.2) is 0 Å². The fourth-order valence-electron chi connectivity index (χ4n) is 3.63. The van der Waals surface area contributed by atoms with Crippen molar-refractivity contribution < 1.29 is 19.1 Å². The molecule has 0 radical (unpaired) electrons. The van der Waals surface area contributed by atoms with Gasteiger partial charge in [-0.1, -0.05) is 12.1 Å². The van der Waals surface area contributed by atoms with E-state index in [0.29, 0.717) is 43.1 Å². The molecule has 0 spiro atoms. The number of nitrogens with zero attached hydrogens (tertiary/aromatic N) is 3. The number of hydrogen-bond donors (Lipinski definition) is 0. The van der Waals surface area contributed by atoms with Crippen molar-refractivity contribution in [3.05, 3.63) is 65.6 Å². The van der Waals surface area contributed by atoms with Gasteiger partial charge in [-0.15, -0.1) is 0 Å². The van der Waals surface area contributed by atoms with E-state index in [-0.39, 0.29) is 18.4 Å². The summed E-state index contributed by atoms with van der Waals surface area (Å²) >= 11 is 0. The number of aromatic nitrogens is 1. The number of carbonyl (C=O) groups is 2. The zero-order valence-corrected chi connectivity index (χ0v) is 18.3. The van der Waals surface area contributed by atoms with Crippen molar-refractivity contribution in [3.63, 3.8) is 0 Å². The number of imide groups is 1. The fraction of sp³-hybridized carbons (Fsp3) is 0.375. The summed E-state index contributed by atoms with van der Waals surface area (Å²) < 4.78 is 10.6. The maximum absolute atomic E-state index is 13.3. The van der Waals surface area contributed by atoms with Crippen molar-refractivity contribution in [2.45, 2.75) is 20.3 Å². The highest BCUT2D eigenvalue weighted by Crippen LogP contribution is 2.32. The molecular formula is C24H29N3O4. The Kier molecular flexibility index (Phi) is 7.78. The molecule has 0 bridgehead atoms. The first-order chi connectivity index (χ1) is 15.1. The van der Waals surface area contributed by atoms with Gasteiger partial charge in [0.25, 0.3) is 11.8 Å². The fourth-order valence-corrected chi connectivity index (χ4v) is 3.63. The van der Waals surface area contributed by atoms with Crippen molar-refractivity contribution in [1.82, 2.24) is 14.8 Å². The molecule has 0 saturated carbocycles. The van der Waals surface area contributed by atoms with Crippen molar-refractivity contribution >= 4 is 17.4 Å². The summed E-state index contributed by atoms with van der Waals surface area (Å²) in [5.74, 6) is 0.164.